The van der Waals surface area contributed by atoms with Gasteiger partial charge in [-0.25, -0.2) is 0 Å². The summed E-state index contributed by atoms with van der Waals surface area (Å²) in [5.74, 6) is -3.61. The van der Waals surface area contributed by atoms with Crippen molar-refractivity contribution in [3.05, 3.63) is 0 Å². The molecular formula is C72H140CdO8-2. The molecule has 0 spiro atoms. The molecule has 0 aromatic heterocycles. The molecule has 0 saturated heterocycles. The maximum absolute atomic E-state index is 10.2. The van der Waals surface area contributed by atoms with Crippen LogP contribution in [0.4, 0.5) is 0 Å². The van der Waals surface area contributed by atoms with Crippen LogP contribution in [0.5, 0.6) is 0 Å². The normalized spacial score (nSPS) is 10.7. The largest absolute Gasteiger partial charge is 2.00 e. The minimum absolute atomic E-state index is 0. The molecule has 0 saturated carbocycles. The molecule has 0 aliphatic rings. The molecular weight excluding hydrogens is 1110 g/mol. The van der Waals surface area contributed by atoms with Crippen molar-refractivity contribution >= 4 is 23.9 Å². The Labute approximate surface area is 526 Å². The minimum atomic E-state index is -0.903. The summed E-state index contributed by atoms with van der Waals surface area (Å²) in [5.41, 5.74) is 0. The van der Waals surface area contributed by atoms with Crippen LogP contribution in [0.3, 0.4) is 0 Å². The van der Waals surface area contributed by atoms with Crippen LogP contribution in [0.15, 0.2) is 0 Å². The smallest absolute Gasteiger partial charge is 0.550 e. The van der Waals surface area contributed by atoms with Crippen LogP contribution < -0.4 is 20.4 Å². The van der Waals surface area contributed by atoms with E-state index in [0.29, 0.717) is 0 Å². The topological polar surface area (TPSA) is 161 Å². The van der Waals surface area contributed by atoms with E-state index in [1.165, 1.54) is 334 Å². The molecule has 0 atom stereocenters. The molecule has 0 fully saturated rings. The molecule has 0 rings (SSSR count). The summed E-state index contributed by atoms with van der Waals surface area (Å²) in [7, 11) is 0. The van der Waals surface area contributed by atoms with Crippen LogP contribution in [0, 0.1) is 0 Å². The van der Waals surface area contributed by atoms with Gasteiger partial charge >= 0.3 is 27.3 Å². The number of rotatable bonds is 64. The monoisotopic (exact) mass is 1250 g/mol. The molecule has 9 heteroatoms. The first-order valence-corrected chi connectivity index (χ1v) is 35.9. The van der Waals surface area contributed by atoms with Gasteiger partial charge in [0, 0.05) is 23.9 Å². The Morgan fingerprint density at radius 2 is 0.235 bits per heavy atom. The van der Waals surface area contributed by atoms with Gasteiger partial charge in [-0.15, -0.1) is 0 Å². The zero-order valence-electron chi connectivity index (χ0n) is 55.2. The first kappa shape index (κ1) is 88.6. The molecule has 0 N–H and O–H groups in total. The van der Waals surface area contributed by atoms with Gasteiger partial charge in [0.2, 0.25) is 0 Å². The van der Waals surface area contributed by atoms with E-state index in [2.05, 4.69) is 27.7 Å². The van der Waals surface area contributed by atoms with E-state index in [-0.39, 0.29) is 53.0 Å². The van der Waals surface area contributed by atoms with Crippen LogP contribution in [0.2, 0.25) is 0 Å². The summed E-state index contributed by atoms with van der Waals surface area (Å²) in [4.78, 5) is 40.9. The van der Waals surface area contributed by atoms with E-state index in [1.807, 2.05) is 0 Å². The van der Waals surface area contributed by atoms with Gasteiger partial charge in [-0.1, -0.05) is 387 Å². The van der Waals surface area contributed by atoms with Gasteiger partial charge in [0.1, 0.15) is 0 Å². The second kappa shape index (κ2) is 85.2. The summed E-state index contributed by atoms with van der Waals surface area (Å²) < 4.78 is 0. The number of carboxylic acid groups (broad SMARTS) is 4. The van der Waals surface area contributed by atoms with Gasteiger partial charge in [-0.3, -0.25) is 0 Å². The fourth-order valence-corrected chi connectivity index (χ4v) is 10.6. The zero-order valence-corrected chi connectivity index (χ0v) is 59.3. The molecule has 0 heterocycles. The van der Waals surface area contributed by atoms with Crippen molar-refractivity contribution in [2.24, 2.45) is 0 Å². The molecule has 0 aliphatic heterocycles. The average Bonchev–Trinajstić information content (AvgIpc) is 3.43. The third-order valence-electron chi connectivity index (χ3n) is 15.9. The molecule has 480 valence electrons. The van der Waals surface area contributed by atoms with Crippen molar-refractivity contribution in [2.75, 3.05) is 0 Å². The number of carboxylic acids is 4. The van der Waals surface area contributed by atoms with Gasteiger partial charge in [-0.2, -0.15) is 0 Å². The van der Waals surface area contributed by atoms with E-state index in [4.69, 9.17) is 0 Å². The number of unbranched alkanes of at least 4 members (excludes halogenated alkanes) is 56. The molecule has 8 nitrogen and oxygen atoms in total. The molecule has 81 heavy (non-hydrogen) atoms. The number of aliphatic carboxylic acids is 4. The number of hydrogen-bond donors (Lipinski definition) is 0. The van der Waals surface area contributed by atoms with Crippen LogP contribution in [-0.4, -0.2) is 23.9 Å². The van der Waals surface area contributed by atoms with E-state index in [1.54, 1.807) is 0 Å². The predicted octanol–water partition coefficient (Wildman–Crippen LogP) is 20.0. The maximum Gasteiger partial charge on any atom is 2.00 e. The van der Waals surface area contributed by atoms with Crippen molar-refractivity contribution in [1.29, 1.82) is 0 Å². The quantitative estimate of drug-likeness (QED) is 0.0430. The van der Waals surface area contributed by atoms with Crippen LogP contribution >= 0.6 is 0 Å². The maximum atomic E-state index is 10.2. The average molecular weight is 1250 g/mol. The standard InChI is InChI=1S/4C18H36O2.Cd/c4*1-2-3-4-5-6-7-8-9-10-11-12-13-14-15-16-17-18(19)20;/h4*2-17H2,1H3,(H,19,20);/q;;;;+2/p-4. The molecule has 0 amide bonds. The second-order valence-electron chi connectivity index (χ2n) is 24.3. The SMILES string of the molecule is CCCCCCCCCCCCCCCCCC(=O)[O-].CCCCCCCCCCCCCCCCCC(=O)[O-].CCCCCCCCCCCCCCCCCC(=O)[O-].CCCCCCCCCCCCCCCCCC(=O)[O-].[Cd+2]. The predicted molar refractivity (Wildman–Crippen MR) is 338 cm³/mol. The Morgan fingerprint density at radius 3 is 0.309 bits per heavy atom. The van der Waals surface area contributed by atoms with E-state index in [9.17, 15) is 39.6 Å². The Balaban J connectivity index is -0.000000316. The summed E-state index contributed by atoms with van der Waals surface area (Å²) in [6, 6.07) is 0. The molecule has 0 bridgehead atoms. The van der Waals surface area contributed by atoms with E-state index in [0.717, 1.165) is 51.4 Å². The van der Waals surface area contributed by atoms with Crippen molar-refractivity contribution in [3.63, 3.8) is 0 Å². The summed E-state index contributed by atoms with van der Waals surface area (Å²) >= 11 is 0. The van der Waals surface area contributed by atoms with Gasteiger partial charge in [-0.05, 0) is 51.4 Å². The van der Waals surface area contributed by atoms with E-state index >= 15 is 0 Å². The fourth-order valence-electron chi connectivity index (χ4n) is 10.6. The number of carbonyl (C=O) groups excluding carboxylic acids is 4. The van der Waals surface area contributed by atoms with Crippen molar-refractivity contribution in [1.82, 2.24) is 0 Å². The molecule has 0 aliphatic carbocycles. The Kier molecular flexibility index (Phi) is 93.2. The Morgan fingerprint density at radius 1 is 0.160 bits per heavy atom. The summed E-state index contributed by atoms with van der Waals surface area (Å²) in [5, 5.41) is 40.9. The van der Waals surface area contributed by atoms with Crippen LogP contribution in [0.25, 0.3) is 0 Å². The van der Waals surface area contributed by atoms with Crippen LogP contribution in [0.1, 0.15) is 439 Å². The van der Waals surface area contributed by atoms with Crippen LogP contribution in [-0.2, 0) is 46.5 Å². The Hall–Kier alpha value is -1.20. The Bertz CT molecular complexity index is 990. The van der Waals surface area contributed by atoms with Crippen molar-refractivity contribution < 1.29 is 66.9 Å². The van der Waals surface area contributed by atoms with E-state index < -0.39 is 23.9 Å². The number of hydrogen-bond acceptors (Lipinski definition) is 8. The summed E-state index contributed by atoms with van der Waals surface area (Å²) in [6.45, 7) is 9.07. The van der Waals surface area contributed by atoms with Gasteiger partial charge in [0.05, 0.1) is 0 Å². The van der Waals surface area contributed by atoms with Crippen molar-refractivity contribution in [3.8, 4) is 0 Å². The zero-order chi connectivity index (χ0) is 59.6. The second-order valence-corrected chi connectivity index (χ2v) is 24.3. The van der Waals surface area contributed by atoms with Gasteiger partial charge in [0.15, 0.2) is 0 Å². The molecule has 0 aromatic carbocycles. The summed E-state index contributed by atoms with van der Waals surface area (Å²) in [6.07, 6.45) is 79.4. The third-order valence-corrected chi connectivity index (χ3v) is 15.9. The van der Waals surface area contributed by atoms with Gasteiger partial charge < -0.3 is 39.6 Å². The fraction of sp³-hybridized carbons (Fsp3) is 0.944. The van der Waals surface area contributed by atoms with Gasteiger partial charge in [0.25, 0.3) is 0 Å². The number of carbonyl (C=O) groups is 4. The molecule has 0 aromatic rings. The third kappa shape index (κ3) is 104. The first-order valence-electron chi connectivity index (χ1n) is 35.9. The molecule has 0 radical (unpaired) electrons. The first-order chi connectivity index (χ1) is 39.1. The van der Waals surface area contributed by atoms with Crippen molar-refractivity contribution in [2.45, 2.75) is 439 Å². The minimum Gasteiger partial charge on any atom is -0.550 e. The molecule has 0 unspecified atom stereocenters.